The molecule has 5 nitrogen and oxygen atoms in total. The van der Waals surface area contributed by atoms with Crippen molar-refractivity contribution in [3.05, 3.63) is 47.6 Å². The zero-order chi connectivity index (χ0) is 14.3. The lowest BCUT2D eigenvalue weighted by Crippen LogP contribution is -2.51. The van der Waals surface area contributed by atoms with E-state index in [1.54, 1.807) is 18.2 Å². The molecule has 0 saturated carbocycles. The number of likely N-dealkylation sites (tertiary alicyclic amines) is 1. The topological polar surface area (TPSA) is 74.7 Å². The smallest absolute Gasteiger partial charge is 0.305 e. The van der Waals surface area contributed by atoms with Crippen LogP contribution >= 0.6 is 0 Å². The third kappa shape index (κ3) is 1.82. The minimum atomic E-state index is -1.02. The molecular weight excluding hydrogens is 258 g/mol. The Labute approximate surface area is 115 Å². The number of carbonyl (C=O) groups is 3. The summed E-state index contributed by atoms with van der Waals surface area (Å²) in [4.78, 5) is 36.5. The number of hydrogen-bond acceptors (Lipinski definition) is 3. The van der Waals surface area contributed by atoms with Crippen LogP contribution in [0.25, 0.3) is 0 Å². The second-order valence-electron chi connectivity index (χ2n) is 4.97. The van der Waals surface area contributed by atoms with Crippen LogP contribution in [0.4, 0.5) is 0 Å². The molecule has 3 rings (SSSR count). The molecule has 20 heavy (non-hydrogen) atoms. The van der Waals surface area contributed by atoms with Crippen LogP contribution in [0.3, 0.4) is 0 Å². The molecule has 0 spiro atoms. The number of rotatable bonds is 3. The summed E-state index contributed by atoms with van der Waals surface area (Å²) >= 11 is 0. The van der Waals surface area contributed by atoms with Gasteiger partial charge in [-0.25, -0.2) is 0 Å². The number of carboxylic acids is 1. The van der Waals surface area contributed by atoms with Crippen molar-refractivity contribution in [3.8, 4) is 0 Å². The van der Waals surface area contributed by atoms with Gasteiger partial charge in [0.2, 0.25) is 5.91 Å². The number of amides is 2. The van der Waals surface area contributed by atoms with Crippen LogP contribution in [-0.4, -0.2) is 34.3 Å². The molecule has 0 aromatic heterocycles. The van der Waals surface area contributed by atoms with E-state index >= 15 is 0 Å². The van der Waals surface area contributed by atoms with E-state index in [0.717, 1.165) is 10.5 Å². The molecular formula is C15H13NO4. The lowest BCUT2D eigenvalue weighted by molar-refractivity contribution is -0.149. The Morgan fingerprint density at radius 1 is 1.25 bits per heavy atom. The van der Waals surface area contributed by atoms with Gasteiger partial charge in [0.1, 0.15) is 0 Å². The fourth-order valence-electron chi connectivity index (χ4n) is 2.89. The first-order valence-corrected chi connectivity index (χ1v) is 6.44. The maximum atomic E-state index is 12.4. The minimum Gasteiger partial charge on any atom is -0.481 e. The molecule has 2 atom stereocenters. The zero-order valence-electron chi connectivity index (χ0n) is 10.7. The van der Waals surface area contributed by atoms with E-state index in [1.165, 1.54) is 0 Å². The summed E-state index contributed by atoms with van der Waals surface area (Å²) in [7, 11) is 0. The van der Waals surface area contributed by atoms with Gasteiger partial charge in [-0.15, -0.1) is 0 Å². The molecule has 2 aliphatic carbocycles. The molecule has 0 unspecified atom stereocenters. The molecule has 5 heteroatoms. The molecule has 3 aliphatic rings. The molecule has 0 aromatic carbocycles. The quantitative estimate of drug-likeness (QED) is 0.779. The van der Waals surface area contributed by atoms with Crippen LogP contribution in [0.5, 0.6) is 0 Å². The largest absolute Gasteiger partial charge is 0.481 e. The Morgan fingerprint density at radius 3 is 2.80 bits per heavy atom. The van der Waals surface area contributed by atoms with Crippen molar-refractivity contribution in [1.29, 1.82) is 0 Å². The highest BCUT2D eigenvalue weighted by molar-refractivity contribution is 6.10. The number of hydrogen-bond donors (Lipinski definition) is 1. The average Bonchev–Trinajstić information content (AvgIpc) is 2.44. The van der Waals surface area contributed by atoms with Crippen molar-refractivity contribution < 1.29 is 19.5 Å². The highest BCUT2D eigenvalue weighted by atomic mass is 16.4. The second kappa shape index (κ2) is 4.59. The molecule has 0 bridgehead atoms. The van der Waals surface area contributed by atoms with Gasteiger partial charge in [-0.3, -0.25) is 19.3 Å². The van der Waals surface area contributed by atoms with Gasteiger partial charge in [0.25, 0.3) is 5.91 Å². The third-order valence-electron chi connectivity index (χ3n) is 3.82. The predicted molar refractivity (Wildman–Crippen MR) is 70.4 cm³/mol. The van der Waals surface area contributed by atoms with E-state index in [4.69, 9.17) is 5.11 Å². The summed E-state index contributed by atoms with van der Waals surface area (Å²) in [6, 6.07) is 0. The predicted octanol–water partition coefficient (Wildman–Crippen LogP) is 1.05. The van der Waals surface area contributed by atoms with Crippen molar-refractivity contribution in [2.45, 2.75) is 6.42 Å². The Bertz CT molecular complexity index is 624. The second-order valence-corrected chi connectivity index (χ2v) is 4.97. The monoisotopic (exact) mass is 271 g/mol. The van der Waals surface area contributed by atoms with Gasteiger partial charge in [0, 0.05) is 18.0 Å². The Hall–Kier alpha value is -2.43. The van der Waals surface area contributed by atoms with Crippen LogP contribution in [0.1, 0.15) is 6.42 Å². The highest BCUT2D eigenvalue weighted by Gasteiger charge is 2.45. The van der Waals surface area contributed by atoms with Gasteiger partial charge in [-0.05, 0) is 5.57 Å². The molecule has 102 valence electrons. The lowest BCUT2D eigenvalue weighted by atomic mass is 9.71. The van der Waals surface area contributed by atoms with E-state index in [2.05, 4.69) is 0 Å². The summed E-state index contributed by atoms with van der Waals surface area (Å²) in [6.45, 7) is -0.0792. The molecule has 1 N–H and O–H groups in total. The SMILES string of the molecule is O=C(O)CCN1C(=O)C2=CC=CC3=CC=C[C@H](C1=O)[C@@H]32. The molecule has 2 amide bonds. The maximum absolute atomic E-state index is 12.4. The molecule has 1 fully saturated rings. The number of allylic oxidation sites excluding steroid dienone is 6. The number of nitrogens with zero attached hydrogens (tertiary/aromatic N) is 1. The maximum Gasteiger partial charge on any atom is 0.305 e. The van der Waals surface area contributed by atoms with E-state index in [1.807, 2.05) is 18.2 Å². The van der Waals surface area contributed by atoms with Gasteiger partial charge < -0.3 is 5.11 Å². The van der Waals surface area contributed by atoms with E-state index in [0.29, 0.717) is 5.57 Å². The van der Waals surface area contributed by atoms with Crippen LogP contribution in [0, 0.1) is 11.8 Å². The van der Waals surface area contributed by atoms with E-state index < -0.39 is 11.9 Å². The summed E-state index contributed by atoms with van der Waals surface area (Å²) in [5.74, 6) is -2.33. The number of piperidine rings is 1. The van der Waals surface area contributed by atoms with Gasteiger partial charge in [-0.2, -0.15) is 0 Å². The lowest BCUT2D eigenvalue weighted by Gasteiger charge is -2.39. The molecule has 1 saturated heterocycles. The molecule has 0 radical (unpaired) electrons. The van der Waals surface area contributed by atoms with Gasteiger partial charge in [0.15, 0.2) is 0 Å². The van der Waals surface area contributed by atoms with Crippen molar-refractivity contribution in [2.75, 3.05) is 6.54 Å². The van der Waals surface area contributed by atoms with Gasteiger partial charge in [-0.1, -0.05) is 36.5 Å². The summed E-state index contributed by atoms with van der Waals surface area (Å²) in [5.41, 5.74) is 1.52. The van der Waals surface area contributed by atoms with Crippen LogP contribution < -0.4 is 0 Å². The molecule has 1 aliphatic heterocycles. The Morgan fingerprint density at radius 2 is 2.05 bits per heavy atom. The van der Waals surface area contributed by atoms with E-state index in [-0.39, 0.29) is 30.7 Å². The first-order chi connectivity index (χ1) is 9.59. The minimum absolute atomic E-state index is 0.0792. The normalized spacial score (nSPS) is 27.1. The Balaban J connectivity index is 1.96. The molecule has 1 heterocycles. The summed E-state index contributed by atoms with van der Waals surface area (Å²) < 4.78 is 0. The van der Waals surface area contributed by atoms with Crippen LogP contribution in [-0.2, 0) is 14.4 Å². The van der Waals surface area contributed by atoms with Crippen molar-refractivity contribution in [3.63, 3.8) is 0 Å². The summed E-state index contributed by atoms with van der Waals surface area (Å²) in [6.07, 6.45) is 10.7. The highest BCUT2D eigenvalue weighted by Crippen LogP contribution is 2.41. The van der Waals surface area contributed by atoms with Gasteiger partial charge >= 0.3 is 5.97 Å². The molecule has 0 aromatic rings. The zero-order valence-corrected chi connectivity index (χ0v) is 10.7. The fourth-order valence-corrected chi connectivity index (χ4v) is 2.89. The number of imide groups is 1. The first-order valence-electron chi connectivity index (χ1n) is 6.44. The number of carbonyl (C=O) groups excluding carboxylic acids is 2. The number of carboxylic acid groups (broad SMARTS) is 1. The van der Waals surface area contributed by atoms with Crippen molar-refractivity contribution >= 4 is 17.8 Å². The van der Waals surface area contributed by atoms with Crippen molar-refractivity contribution in [1.82, 2.24) is 4.90 Å². The summed E-state index contributed by atoms with van der Waals surface area (Å²) in [5, 5.41) is 8.73. The van der Waals surface area contributed by atoms with Gasteiger partial charge in [0.05, 0.1) is 12.3 Å². The number of aliphatic carboxylic acids is 1. The third-order valence-corrected chi connectivity index (χ3v) is 3.82. The van der Waals surface area contributed by atoms with E-state index in [9.17, 15) is 14.4 Å². The van der Waals surface area contributed by atoms with Crippen LogP contribution in [0.15, 0.2) is 47.6 Å². The van der Waals surface area contributed by atoms with Crippen molar-refractivity contribution in [2.24, 2.45) is 11.8 Å². The fraction of sp³-hybridized carbons (Fsp3) is 0.267. The Kier molecular flexibility index (Phi) is 2.89. The first kappa shape index (κ1) is 12.6. The average molecular weight is 271 g/mol. The van der Waals surface area contributed by atoms with Crippen LogP contribution in [0.2, 0.25) is 0 Å². The standard InChI is InChI=1S/C15H13NO4/c17-12(18)7-8-16-14(19)10-5-1-3-9-4-2-6-11(13(9)10)15(16)20/h1-6,10,13H,7-8H2,(H,17,18)/t10-,13+/m0/s1.